The first-order chi connectivity index (χ1) is 8.60. The molecular weight excluding hydrogens is 239 g/mol. The van der Waals surface area contributed by atoms with Crippen molar-refractivity contribution < 1.29 is 19.7 Å². The molecule has 1 aromatic rings. The van der Waals surface area contributed by atoms with Crippen molar-refractivity contribution in [3.63, 3.8) is 0 Å². The van der Waals surface area contributed by atoms with Gasteiger partial charge in [0.2, 0.25) is 0 Å². The van der Waals surface area contributed by atoms with E-state index in [4.69, 9.17) is 20.6 Å². The van der Waals surface area contributed by atoms with Crippen molar-refractivity contribution in [3.8, 4) is 6.07 Å². The van der Waals surface area contributed by atoms with Crippen molar-refractivity contribution in [2.45, 2.75) is 12.1 Å². The number of aliphatic hydroxyl groups excluding tert-OH is 3. The largest absolute Gasteiger partial charge is 0.394 e. The Morgan fingerprint density at radius 1 is 1.22 bits per heavy atom. The van der Waals surface area contributed by atoms with Gasteiger partial charge >= 0.3 is 0 Å². The van der Waals surface area contributed by atoms with Crippen LogP contribution in [0.3, 0.4) is 0 Å². The highest BCUT2D eigenvalue weighted by Crippen LogP contribution is 2.12. The second kappa shape index (κ2) is 6.42. The maximum atomic E-state index is 13.1. The minimum atomic E-state index is -1.25. The van der Waals surface area contributed by atoms with E-state index in [0.717, 1.165) is 0 Å². The van der Waals surface area contributed by atoms with Crippen LogP contribution in [-0.4, -0.2) is 40.7 Å². The van der Waals surface area contributed by atoms with Crippen LogP contribution in [0.25, 0.3) is 0 Å². The maximum Gasteiger partial charge on any atom is 0.123 e. The lowest BCUT2D eigenvalue weighted by Crippen LogP contribution is -2.54. The van der Waals surface area contributed by atoms with Crippen LogP contribution < -0.4 is 5.32 Å². The first-order valence-electron chi connectivity index (χ1n) is 5.37. The fraction of sp³-hybridized carbons (Fsp3) is 0.417. The molecule has 0 saturated carbocycles. The first-order valence-corrected chi connectivity index (χ1v) is 5.37. The van der Waals surface area contributed by atoms with E-state index < -0.39 is 31.2 Å². The van der Waals surface area contributed by atoms with Crippen LogP contribution >= 0.6 is 0 Å². The smallest absolute Gasteiger partial charge is 0.123 e. The number of nitriles is 1. The Kier molecular flexibility index (Phi) is 5.19. The molecule has 0 unspecified atom stereocenters. The molecule has 4 N–H and O–H groups in total. The Morgan fingerprint density at radius 3 is 2.33 bits per heavy atom. The second-order valence-corrected chi connectivity index (χ2v) is 4.02. The topological polar surface area (TPSA) is 96.5 Å². The van der Waals surface area contributed by atoms with Gasteiger partial charge in [0, 0.05) is 6.54 Å². The quantitative estimate of drug-likeness (QED) is 0.549. The fourth-order valence-corrected chi connectivity index (χ4v) is 1.42. The summed E-state index contributed by atoms with van der Waals surface area (Å²) in [5, 5.41) is 38.9. The molecule has 0 saturated heterocycles. The molecule has 0 amide bonds. The number of halogens is 1. The zero-order chi connectivity index (χ0) is 13.6. The summed E-state index contributed by atoms with van der Waals surface area (Å²) in [5.41, 5.74) is -0.553. The van der Waals surface area contributed by atoms with Gasteiger partial charge in [0.1, 0.15) is 5.82 Å². The van der Waals surface area contributed by atoms with Crippen molar-refractivity contribution >= 4 is 0 Å². The molecule has 0 atom stereocenters. The minimum absolute atomic E-state index is 0.0579. The summed E-state index contributed by atoms with van der Waals surface area (Å²) in [7, 11) is 0. The lowest BCUT2D eigenvalue weighted by atomic mass is 10.0. The zero-order valence-corrected chi connectivity index (χ0v) is 9.73. The van der Waals surface area contributed by atoms with Crippen molar-refractivity contribution in [1.82, 2.24) is 5.32 Å². The third kappa shape index (κ3) is 3.24. The Labute approximate surface area is 104 Å². The molecule has 18 heavy (non-hydrogen) atoms. The number of nitrogens with one attached hydrogen (secondary N) is 1. The van der Waals surface area contributed by atoms with E-state index in [0.29, 0.717) is 11.1 Å². The lowest BCUT2D eigenvalue weighted by Gasteiger charge is -2.29. The van der Waals surface area contributed by atoms with Crippen molar-refractivity contribution in [3.05, 3.63) is 35.1 Å². The molecule has 0 heterocycles. The van der Waals surface area contributed by atoms with E-state index in [1.54, 1.807) is 0 Å². The first kappa shape index (κ1) is 14.5. The normalized spacial score (nSPS) is 11.3. The Hall–Kier alpha value is -1.52. The molecule has 0 aromatic heterocycles. The van der Waals surface area contributed by atoms with Crippen molar-refractivity contribution in [1.29, 1.82) is 5.26 Å². The number of benzene rings is 1. The van der Waals surface area contributed by atoms with Crippen molar-refractivity contribution in [2.24, 2.45) is 0 Å². The molecule has 1 aromatic carbocycles. The molecule has 5 nitrogen and oxygen atoms in total. The highest BCUT2D eigenvalue weighted by molar-refractivity contribution is 5.37. The van der Waals surface area contributed by atoms with Gasteiger partial charge < -0.3 is 20.6 Å². The monoisotopic (exact) mass is 254 g/mol. The number of nitrogens with zero attached hydrogens (tertiary/aromatic N) is 1. The van der Waals surface area contributed by atoms with Gasteiger partial charge in [0.05, 0.1) is 37.0 Å². The molecule has 0 bridgehead atoms. The summed E-state index contributed by atoms with van der Waals surface area (Å²) in [6.07, 6.45) is 0. The third-order valence-corrected chi connectivity index (χ3v) is 2.75. The van der Waals surface area contributed by atoms with E-state index in [9.17, 15) is 4.39 Å². The van der Waals surface area contributed by atoms with Gasteiger partial charge in [-0.1, -0.05) is 0 Å². The molecular formula is C12H15FN2O3. The van der Waals surface area contributed by atoms with Gasteiger partial charge in [-0.05, 0) is 23.8 Å². The number of aliphatic hydroxyl groups is 3. The van der Waals surface area contributed by atoms with Gasteiger partial charge in [-0.15, -0.1) is 0 Å². The highest BCUT2D eigenvalue weighted by Gasteiger charge is 2.27. The molecule has 0 radical (unpaired) electrons. The van der Waals surface area contributed by atoms with Gasteiger partial charge in [-0.25, -0.2) is 4.39 Å². The zero-order valence-electron chi connectivity index (χ0n) is 9.73. The van der Waals surface area contributed by atoms with E-state index >= 15 is 0 Å². The Bertz CT molecular complexity index is 433. The maximum absolute atomic E-state index is 13.1. The van der Waals surface area contributed by atoms with Crippen molar-refractivity contribution in [2.75, 3.05) is 19.8 Å². The van der Waals surface area contributed by atoms with Crippen LogP contribution in [0.15, 0.2) is 18.2 Å². The fourth-order valence-electron chi connectivity index (χ4n) is 1.42. The van der Waals surface area contributed by atoms with E-state index in [1.807, 2.05) is 6.07 Å². The summed E-state index contributed by atoms with van der Waals surface area (Å²) >= 11 is 0. The summed E-state index contributed by atoms with van der Waals surface area (Å²) in [5.74, 6) is -0.478. The molecule has 0 aliphatic heterocycles. The van der Waals surface area contributed by atoms with Gasteiger partial charge in [-0.3, -0.25) is 0 Å². The second-order valence-electron chi connectivity index (χ2n) is 4.02. The number of hydrogen-bond acceptors (Lipinski definition) is 5. The van der Waals surface area contributed by atoms with Crippen LogP contribution in [0.2, 0.25) is 0 Å². The van der Waals surface area contributed by atoms with E-state index in [-0.39, 0.29) is 6.54 Å². The van der Waals surface area contributed by atoms with Gasteiger partial charge in [0.15, 0.2) is 0 Å². The van der Waals surface area contributed by atoms with Crippen LogP contribution in [0.1, 0.15) is 11.1 Å². The highest BCUT2D eigenvalue weighted by atomic mass is 19.1. The van der Waals surface area contributed by atoms with E-state index in [2.05, 4.69) is 5.32 Å². The Morgan fingerprint density at radius 2 is 1.83 bits per heavy atom. The molecule has 0 aliphatic rings. The average Bonchev–Trinajstić information content (AvgIpc) is 2.41. The summed E-state index contributed by atoms with van der Waals surface area (Å²) in [6, 6.07) is 5.65. The molecule has 98 valence electrons. The summed E-state index contributed by atoms with van der Waals surface area (Å²) in [4.78, 5) is 0. The standard InChI is InChI=1S/C12H15FN2O3/c13-11-2-1-9(4-14)10(3-11)5-15-12(6-16,7-17)8-18/h1-3,15-18H,5-8H2. The minimum Gasteiger partial charge on any atom is -0.394 e. The molecule has 0 fully saturated rings. The van der Waals surface area contributed by atoms with E-state index in [1.165, 1.54) is 18.2 Å². The lowest BCUT2D eigenvalue weighted by molar-refractivity contribution is 0.0413. The number of hydrogen-bond donors (Lipinski definition) is 4. The van der Waals surface area contributed by atoms with Gasteiger partial charge in [0.25, 0.3) is 0 Å². The SMILES string of the molecule is N#Cc1ccc(F)cc1CNC(CO)(CO)CO. The molecule has 0 aliphatic carbocycles. The van der Waals surface area contributed by atoms with Crippen LogP contribution in [0.4, 0.5) is 4.39 Å². The Balaban J connectivity index is 2.85. The predicted molar refractivity (Wildman–Crippen MR) is 61.9 cm³/mol. The summed E-state index contributed by atoms with van der Waals surface area (Å²) < 4.78 is 13.1. The van der Waals surface area contributed by atoms with Gasteiger partial charge in [-0.2, -0.15) is 5.26 Å². The number of rotatable bonds is 6. The van der Waals surface area contributed by atoms with Crippen LogP contribution in [0, 0.1) is 17.1 Å². The average molecular weight is 254 g/mol. The molecule has 1 rings (SSSR count). The summed E-state index contributed by atoms with van der Waals surface area (Å²) in [6.45, 7) is -1.37. The third-order valence-electron chi connectivity index (χ3n) is 2.75. The van der Waals surface area contributed by atoms with Crippen LogP contribution in [0.5, 0.6) is 0 Å². The molecule has 0 spiro atoms. The predicted octanol–water partition coefficient (Wildman–Crippen LogP) is -0.497. The van der Waals surface area contributed by atoms with Crippen LogP contribution in [-0.2, 0) is 6.54 Å². The molecule has 6 heteroatoms.